The van der Waals surface area contributed by atoms with Gasteiger partial charge in [-0.05, 0) is 37.8 Å². The highest BCUT2D eigenvalue weighted by Crippen LogP contribution is 2.18. The van der Waals surface area contributed by atoms with Crippen molar-refractivity contribution < 1.29 is 23.9 Å². The molecule has 1 aromatic carbocycles. The van der Waals surface area contributed by atoms with E-state index in [0.29, 0.717) is 19.6 Å². The van der Waals surface area contributed by atoms with Gasteiger partial charge in [0.2, 0.25) is 11.8 Å². The zero-order chi connectivity index (χ0) is 28.9. The van der Waals surface area contributed by atoms with Gasteiger partial charge in [0.1, 0.15) is 18.0 Å². The number of hydrogen-bond donors (Lipinski definition) is 4. The molecule has 40 heavy (non-hydrogen) atoms. The molecule has 0 aromatic heterocycles. The van der Waals surface area contributed by atoms with Crippen molar-refractivity contribution in [3.63, 3.8) is 0 Å². The van der Waals surface area contributed by atoms with E-state index >= 15 is 0 Å². The van der Waals surface area contributed by atoms with Gasteiger partial charge in [-0.25, -0.2) is 9.59 Å². The molecule has 2 heterocycles. The molecule has 12 nitrogen and oxygen atoms in total. The van der Waals surface area contributed by atoms with Crippen LogP contribution in [0.1, 0.15) is 44.1 Å². The molecule has 0 spiro atoms. The predicted molar refractivity (Wildman–Crippen MR) is 151 cm³/mol. The predicted octanol–water partition coefficient (Wildman–Crippen LogP) is 0.612. The Morgan fingerprint density at radius 2 is 1.82 bits per heavy atom. The minimum absolute atomic E-state index is 0.0627. The van der Waals surface area contributed by atoms with Gasteiger partial charge in [-0.2, -0.15) is 5.10 Å². The lowest BCUT2D eigenvalue weighted by Crippen LogP contribution is -2.60. The van der Waals surface area contributed by atoms with Crippen molar-refractivity contribution in [2.45, 2.75) is 63.1 Å². The Labute approximate surface area is 236 Å². The number of nitrogens with two attached hydrogens (primary N) is 1. The number of benzene rings is 1. The fraction of sp³-hybridized carbons (Fsp3) is 0.607. The van der Waals surface area contributed by atoms with Gasteiger partial charge in [0.05, 0.1) is 7.11 Å². The zero-order valence-corrected chi connectivity index (χ0v) is 23.5. The van der Waals surface area contributed by atoms with Gasteiger partial charge in [0, 0.05) is 45.4 Å². The second kappa shape index (κ2) is 15.8. The SMILES string of the molecule is COC(=O)[C@@H](Cc1ccccc1)NC(=O)NC(C(=O)N1CCCCCC1)[C@@H](C=NN)C(=O)N(C)[C@H]1CCCNC1. The van der Waals surface area contributed by atoms with E-state index in [1.165, 1.54) is 13.3 Å². The van der Waals surface area contributed by atoms with Crippen LogP contribution in [0.4, 0.5) is 4.79 Å². The summed E-state index contributed by atoms with van der Waals surface area (Å²) in [4.78, 5) is 56.8. The van der Waals surface area contributed by atoms with E-state index in [1.807, 2.05) is 30.3 Å². The van der Waals surface area contributed by atoms with Crippen molar-refractivity contribution >= 4 is 30.0 Å². The Balaban J connectivity index is 1.85. The van der Waals surface area contributed by atoms with Crippen LogP contribution in [0, 0.1) is 5.92 Å². The van der Waals surface area contributed by atoms with E-state index < -0.39 is 30.0 Å². The summed E-state index contributed by atoms with van der Waals surface area (Å²) in [6.45, 7) is 2.57. The molecule has 1 unspecified atom stereocenters. The van der Waals surface area contributed by atoms with Crippen molar-refractivity contribution in [3.05, 3.63) is 35.9 Å². The molecule has 2 aliphatic rings. The summed E-state index contributed by atoms with van der Waals surface area (Å²) in [7, 11) is 2.94. The number of esters is 1. The summed E-state index contributed by atoms with van der Waals surface area (Å²) >= 11 is 0. The molecule has 2 saturated heterocycles. The Morgan fingerprint density at radius 3 is 2.42 bits per heavy atom. The van der Waals surface area contributed by atoms with Crippen molar-refractivity contribution in [1.29, 1.82) is 0 Å². The van der Waals surface area contributed by atoms with E-state index in [9.17, 15) is 19.2 Å². The number of nitrogens with zero attached hydrogens (tertiary/aromatic N) is 3. The van der Waals surface area contributed by atoms with Crippen molar-refractivity contribution in [3.8, 4) is 0 Å². The first-order valence-electron chi connectivity index (χ1n) is 14.0. The lowest BCUT2D eigenvalue weighted by atomic mass is 9.95. The van der Waals surface area contributed by atoms with Crippen molar-refractivity contribution in [1.82, 2.24) is 25.8 Å². The third kappa shape index (κ3) is 8.67. The zero-order valence-electron chi connectivity index (χ0n) is 23.5. The summed E-state index contributed by atoms with van der Waals surface area (Å²) in [6, 6.07) is 6.08. The average Bonchev–Trinajstić information content (AvgIpc) is 3.28. The Bertz CT molecular complexity index is 1010. The van der Waals surface area contributed by atoms with Crippen LogP contribution >= 0.6 is 0 Å². The van der Waals surface area contributed by atoms with Crippen LogP contribution in [0.2, 0.25) is 0 Å². The first-order valence-corrected chi connectivity index (χ1v) is 14.0. The van der Waals surface area contributed by atoms with E-state index in [1.54, 1.807) is 16.8 Å². The lowest BCUT2D eigenvalue weighted by molar-refractivity contribution is -0.143. The van der Waals surface area contributed by atoms with Crippen LogP contribution < -0.4 is 21.8 Å². The molecular weight excluding hydrogens is 514 g/mol. The number of nitrogens with one attached hydrogen (secondary N) is 3. The summed E-state index contributed by atoms with van der Waals surface area (Å²) in [5.41, 5.74) is 0.821. The molecule has 0 saturated carbocycles. The van der Waals surface area contributed by atoms with Crippen molar-refractivity contribution in [2.75, 3.05) is 40.3 Å². The molecule has 2 fully saturated rings. The normalized spacial score (nSPS) is 20.1. The summed E-state index contributed by atoms with van der Waals surface area (Å²) in [5, 5.41) is 12.2. The maximum atomic E-state index is 13.9. The average molecular weight is 558 g/mol. The Kier molecular flexibility index (Phi) is 12.2. The maximum Gasteiger partial charge on any atom is 0.328 e. The number of amides is 4. The minimum atomic E-state index is -1.27. The smallest absolute Gasteiger partial charge is 0.328 e. The topological polar surface area (TPSA) is 158 Å². The van der Waals surface area contributed by atoms with Crippen molar-refractivity contribution in [2.24, 2.45) is 16.9 Å². The number of hydrogen-bond acceptors (Lipinski definition) is 8. The van der Waals surface area contributed by atoms with Gasteiger partial charge < -0.3 is 36.3 Å². The van der Waals surface area contributed by atoms with Crippen LogP contribution in [0.5, 0.6) is 0 Å². The number of hydrazone groups is 1. The standard InChI is InChI=1S/C28H43N7O5/c1-34(21-13-10-14-30-18-21)25(36)22(19-31-29)24(26(37)35-15-8-3-4-9-16-35)33-28(39)32-23(27(38)40-2)17-20-11-6-5-7-12-20/h5-7,11-12,19,21-24,30H,3-4,8-10,13-18,29H2,1-2H3,(H2,32,33,39)/t21-,22+,23+,24?/m0/s1. The van der Waals surface area contributed by atoms with Crippen LogP contribution in [0.25, 0.3) is 0 Å². The first-order chi connectivity index (χ1) is 19.3. The molecule has 2 aliphatic heterocycles. The fourth-order valence-electron chi connectivity index (χ4n) is 5.28. The van der Waals surface area contributed by atoms with Gasteiger partial charge in [-0.1, -0.05) is 43.2 Å². The largest absolute Gasteiger partial charge is 0.467 e. The van der Waals surface area contributed by atoms with Crippen LogP contribution in [0.15, 0.2) is 35.4 Å². The maximum absolute atomic E-state index is 13.9. The lowest BCUT2D eigenvalue weighted by Gasteiger charge is -2.36. The third-order valence-electron chi connectivity index (χ3n) is 7.60. The number of piperidine rings is 1. The monoisotopic (exact) mass is 557 g/mol. The van der Waals surface area contributed by atoms with E-state index in [-0.39, 0.29) is 24.3 Å². The molecule has 4 atom stereocenters. The highest BCUT2D eigenvalue weighted by Gasteiger charge is 2.40. The summed E-state index contributed by atoms with van der Waals surface area (Å²) < 4.78 is 4.91. The van der Waals surface area contributed by atoms with E-state index in [4.69, 9.17) is 10.6 Å². The molecule has 0 aliphatic carbocycles. The number of carbonyl (C=O) groups excluding carboxylic acids is 4. The van der Waals surface area contributed by atoms with E-state index in [2.05, 4.69) is 21.1 Å². The second-order valence-corrected chi connectivity index (χ2v) is 10.4. The summed E-state index contributed by atoms with van der Waals surface area (Å²) in [5.74, 6) is 2.99. The summed E-state index contributed by atoms with van der Waals surface area (Å²) in [6.07, 6.45) is 6.84. The number of urea groups is 1. The number of ether oxygens (including phenoxy) is 1. The fourth-order valence-corrected chi connectivity index (χ4v) is 5.28. The molecule has 5 N–H and O–H groups in total. The first kappa shape index (κ1) is 30.9. The molecule has 3 rings (SSSR count). The minimum Gasteiger partial charge on any atom is -0.467 e. The van der Waals surface area contributed by atoms with Gasteiger partial charge in [0.15, 0.2) is 0 Å². The highest BCUT2D eigenvalue weighted by atomic mass is 16.5. The number of rotatable bonds is 10. The van der Waals surface area contributed by atoms with Crippen LogP contribution in [-0.4, -0.2) is 98.3 Å². The highest BCUT2D eigenvalue weighted by molar-refractivity contribution is 6.02. The molecule has 0 bridgehead atoms. The quantitative estimate of drug-likeness (QED) is 0.142. The molecule has 12 heteroatoms. The van der Waals surface area contributed by atoms with E-state index in [0.717, 1.165) is 50.6 Å². The third-order valence-corrected chi connectivity index (χ3v) is 7.60. The van der Waals surface area contributed by atoms with Crippen LogP contribution in [0.3, 0.4) is 0 Å². The van der Waals surface area contributed by atoms with Gasteiger partial charge >= 0.3 is 12.0 Å². The number of carbonyl (C=O) groups is 4. The Morgan fingerprint density at radius 1 is 1.12 bits per heavy atom. The molecule has 220 valence electrons. The number of methoxy groups -OCH3 is 1. The molecule has 4 amide bonds. The number of likely N-dealkylation sites (tertiary alicyclic amines) is 1. The number of likely N-dealkylation sites (N-methyl/N-ethyl adjacent to an activating group) is 1. The molecule has 0 radical (unpaired) electrons. The van der Waals surface area contributed by atoms with Gasteiger partial charge in [-0.3, -0.25) is 9.59 Å². The van der Waals surface area contributed by atoms with Gasteiger partial charge in [0.25, 0.3) is 0 Å². The molecule has 1 aromatic rings. The molecular formula is C28H43N7O5. The van der Waals surface area contributed by atoms with Crippen LogP contribution in [-0.2, 0) is 25.5 Å². The second-order valence-electron chi connectivity index (χ2n) is 10.4. The van der Waals surface area contributed by atoms with Gasteiger partial charge in [-0.15, -0.1) is 0 Å². The Hall–Kier alpha value is -3.67.